The van der Waals surface area contributed by atoms with Crippen LogP contribution in [0.4, 0.5) is 0 Å². The summed E-state index contributed by atoms with van der Waals surface area (Å²) >= 11 is 0. The third kappa shape index (κ3) is 2.55. The predicted octanol–water partition coefficient (Wildman–Crippen LogP) is 3.26. The number of hydrogen-bond acceptors (Lipinski definition) is 3. The van der Waals surface area contributed by atoms with Crippen LogP contribution in [0.25, 0.3) is 0 Å². The third-order valence-electron chi connectivity index (χ3n) is 3.47. The molecule has 1 heterocycles. The summed E-state index contributed by atoms with van der Waals surface area (Å²) in [6, 6.07) is 6.03. The molecule has 1 saturated carbocycles. The summed E-state index contributed by atoms with van der Waals surface area (Å²) in [6.07, 6.45) is 6.87. The summed E-state index contributed by atoms with van der Waals surface area (Å²) in [6.45, 7) is 1.02. The van der Waals surface area contributed by atoms with Crippen LogP contribution < -0.4 is 9.47 Å². The Morgan fingerprint density at radius 3 is 2.76 bits per heavy atom. The van der Waals surface area contributed by atoms with Gasteiger partial charge in [-0.1, -0.05) is 25.3 Å². The first-order valence-electron chi connectivity index (χ1n) is 6.42. The molecule has 0 spiro atoms. The second-order valence-electron chi connectivity index (χ2n) is 4.76. The molecule has 0 atom stereocenters. The fraction of sp³-hybridized carbons (Fsp3) is 0.571. The van der Waals surface area contributed by atoms with Crippen molar-refractivity contribution in [3.63, 3.8) is 0 Å². The van der Waals surface area contributed by atoms with Crippen LogP contribution in [0.15, 0.2) is 18.2 Å². The van der Waals surface area contributed by atoms with E-state index >= 15 is 0 Å². The van der Waals surface area contributed by atoms with E-state index in [-0.39, 0.29) is 0 Å². The normalized spacial score (nSPS) is 19.5. The third-order valence-corrected chi connectivity index (χ3v) is 3.47. The molecule has 2 aliphatic rings. The predicted molar refractivity (Wildman–Crippen MR) is 64.2 cm³/mol. The summed E-state index contributed by atoms with van der Waals surface area (Å²) in [5, 5.41) is 0. The van der Waals surface area contributed by atoms with Crippen molar-refractivity contribution in [1.82, 2.24) is 0 Å². The minimum Gasteiger partial charge on any atom is -0.454 e. The van der Waals surface area contributed by atoms with E-state index in [0.717, 1.165) is 11.5 Å². The molecule has 3 nitrogen and oxygen atoms in total. The minimum absolute atomic E-state index is 0.336. The fourth-order valence-corrected chi connectivity index (χ4v) is 2.48. The maximum atomic E-state index is 5.93. The Balaban J connectivity index is 1.57. The molecule has 3 heteroatoms. The zero-order chi connectivity index (χ0) is 11.5. The van der Waals surface area contributed by atoms with E-state index in [2.05, 4.69) is 6.07 Å². The summed E-state index contributed by atoms with van der Waals surface area (Å²) in [5.41, 5.74) is 1.17. The lowest BCUT2D eigenvalue weighted by Gasteiger charge is -2.22. The molecule has 17 heavy (non-hydrogen) atoms. The van der Waals surface area contributed by atoms with Crippen LogP contribution in [0, 0.1) is 0 Å². The van der Waals surface area contributed by atoms with Crippen molar-refractivity contribution in [1.29, 1.82) is 0 Å². The van der Waals surface area contributed by atoms with Crippen molar-refractivity contribution < 1.29 is 14.2 Å². The van der Waals surface area contributed by atoms with Gasteiger partial charge in [0.1, 0.15) is 0 Å². The maximum absolute atomic E-state index is 5.93. The van der Waals surface area contributed by atoms with E-state index in [1.807, 2.05) is 12.1 Å². The molecule has 1 aromatic carbocycles. The number of ether oxygens (including phenoxy) is 3. The molecule has 1 aliphatic carbocycles. The van der Waals surface area contributed by atoms with Gasteiger partial charge in [0.05, 0.1) is 12.7 Å². The van der Waals surface area contributed by atoms with Crippen LogP contribution in [0.3, 0.4) is 0 Å². The van der Waals surface area contributed by atoms with Crippen molar-refractivity contribution in [2.75, 3.05) is 6.79 Å². The number of rotatable bonds is 3. The largest absolute Gasteiger partial charge is 0.454 e. The van der Waals surface area contributed by atoms with Crippen LogP contribution >= 0.6 is 0 Å². The standard InChI is InChI=1S/C14H18O3/c1-2-4-12(5-3-1)15-9-11-6-7-13-14(8-11)17-10-16-13/h6-8,12H,1-5,9-10H2. The van der Waals surface area contributed by atoms with Crippen molar-refractivity contribution in [2.45, 2.75) is 44.8 Å². The molecular weight excluding hydrogens is 216 g/mol. The summed E-state index contributed by atoms with van der Waals surface area (Å²) in [5.74, 6) is 1.68. The second kappa shape index (κ2) is 4.96. The highest BCUT2D eigenvalue weighted by atomic mass is 16.7. The van der Waals surface area contributed by atoms with Crippen LogP contribution in [0.1, 0.15) is 37.7 Å². The van der Waals surface area contributed by atoms with Gasteiger partial charge in [0.25, 0.3) is 0 Å². The highest BCUT2D eigenvalue weighted by Crippen LogP contribution is 2.33. The second-order valence-corrected chi connectivity index (χ2v) is 4.76. The first-order chi connectivity index (χ1) is 8.42. The lowest BCUT2D eigenvalue weighted by atomic mass is 9.98. The van der Waals surface area contributed by atoms with Gasteiger partial charge in [0.2, 0.25) is 6.79 Å². The monoisotopic (exact) mass is 234 g/mol. The van der Waals surface area contributed by atoms with Crippen molar-refractivity contribution in [3.8, 4) is 11.5 Å². The molecule has 0 amide bonds. The van der Waals surface area contributed by atoms with Crippen LogP contribution in [-0.2, 0) is 11.3 Å². The van der Waals surface area contributed by atoms with Crippen molar-refractivity contribution in [3.05, 3.63) is 23.8 Å². The van der Waals surface area contributed by atoms with Crippen LogP contribution in [-0.4, -0.2) is 12.9 Å². The summed E-state index contributed by atoms with van der Waals surface area (Å²) in [7, 11) is 0. The minimum atomic E-state index is 0.336. The van der Waals surface area contributed by atoms with Crippen LogP contribution in [0.5, 0.6) is 11.5 Å². The molecule has 1 aromatic rings. The summed E-state index contributed by atoms with van der Waals surface area (Å²) < 4.78 is 16.6. The van der Waals surface area contributed by atoms with Crippen molar-refractivity contribution >= 4 is 0 Å². The molecule has 0 unspecified atom stereocenters. The van der Waals surface area contributed by atoms with E-state index in [4.69, 9.17) is 14.2 Å². The van der Waals surface area contributed by atoms with E-state index in [1.165, 1.54) is 37.7 Å². The molecule has 1 aliphatic heterocycles. The number of fused-ring (bicyclic) bond motifs is 1. The highest BCUT2D eigenvalue weighted by molar-refractivity contribution is 5.44. The van der Waals surface area contributed by atoms with Gasteiger partial charge < -0.3 is 14.2 Å². The Labute approximate surface area is 102 Å². The Morgan fingerprint density at radius 1 is 1.06 bits per heavy atom. The average molecular weight is 234 g/mol. The quantitative estimate of drug-likeness (QED) is 0.803. The van der Waals surface area contributed by atoms with Gasteiger partial charge in [-0.15, -0.1) is 0 Å². The molecule has 0 aromatic heterocycles. The van der Waals surface area contributed by atoms with Gasteiger partial charge in [0, 0.05) is 0 Å². The fourth-order valence-electron chi connectivity index (χ4n) is 2.48. The van der Waals surface area contributed by atoms with E-state index in [0.29, 0.717) is 19.5 Å². The number of hydrogen-bond donors (Lipinski definition) is 0. The van der Waals surface area contributed by atoms with Gasteiger partial charge in [0.15, 0.2) is 11.5 Å². The van der Waals surface area contributed by atoms with Crippen LogP contribution in [0.2, 0.25) is 0 Å². The first kappa shape index (κ1) is 10.9. The lowest BCUT2D eigenvalue weighted by molar-refractivity contribution is 0.0168. The molecule has 0 radical (unpaired) electrons. The lowest BCUT2D eigenvalue weighted by Crippen LogP contribution is -2.16. The maximum Gasteiger partial charge on any atom is 0.231 e. The number of benzene rings is 1. The van der Waals surface area contributed by atoms with E-state index < -0.39 is 0 Å². The van der Waals surface area contributed by atoms with E-state index in [1.54, 1.807) is 0 Å². The zero-order valence-electron chi connectivity index (χ0n) is 9.98. The smallest absolute Gasteiger partial charge is 0.231 e. The molecule has 1 fully saturated rings. The molecule has 0 saturated heterocycles. The van der Waals surface area contributed by atoms with Gasteiger partial charge in [-0.05, 0) is 30.5 Å². The van der Waals surface area contributed by atoms with Gasteiger partial charge in [-0.25, -0.2) is 0 Å². The topological polar surface area (TPSA) is 27.7 Å². The Morgan fingerprint density at radius 2 is 1.88 bits per heavy atom. The molecular formula is C14H18O3. The molecule has 0 bridgehead atoms. The Hall–Kier alpha value is -1.22. The summed E-state index contributed by atoms with van der Waals surface area (Å²) in [4.78, 5) is 0. The van der Waals surface area contributed by atoms with Crippen molar-refractivity contribution in [2.24, 2.45) is 0 Å². The Bertz CT molecular complexity index is 383. The molecule has 92 valence electrons. The van der Waals surface area contributed by atoms with Gasteiger partial charge in [-0.3, -0.25) is 0 Å². The van der Waals surface area contributed by atoms with E-state index in [9.17, 15) is 0 Å². The van der Waals surface area contributed by atoms with Gasteiger partial charge >= 0.3 is 0 Å². The Kier molecular flexibility index (Phi) is 3.18. The zero-order valence-corrected chi connectivity index (χ0v) is 9.98. The average Bonchev–Trinajstić information content (AvgIpc) is 2.85. The highest BCUT2D eigenvalue weighted by Gasteiger charge is 2.16. The van der Waals surface area contributed by atoms with Gasteiger partial charge in [-0.2, -0.15) is 0 Å². The molecule has 0 N–H and O–H groups in total. The SMILES string of the molecule is c1cc2c(cc1COC1CCCCC1)OCO2. The molecule has 3 rings (SSSR count). The first-order valence-corrected chi connectivity index (χ1v) is 6.42.